The van der Waals surface area contributed by atoms with Crippen molar-refractivity contribution in [3.8, 4) is 11.3 Å². The number of halogens is 5. The second-order valence-electron chi connectivity index (χ2n) is 7.45. The molecule has 1 aromatic carbocycles. The molecule has 0 bridgehead atoms. The summed E-state index contributed by atoms with van der Waals surface area (Å²) in [5, 5.41) is 0. The highest BCUT2D eigenvalue weighted by Crippen LogP contribution is 2.34. The van der Waals surface area contributed by atoms with Crippen LogP contribution in [0.1, 0.15) is 23.1 Å². The number of benzene rings is 1. The fourth-order valence-electron chi connectivity index (χ4n) is 3.69. The molecular weight excluding hydrogens is 435 g/mol. The molecule has 2 aromatic heterocycles. The third-order valence-corrected chi connectivity index (χ3v) is 5.15. The molecule has 0 N–H and O–H groups in total. The Morgan fingerprint density at radius 2 is 1.94 bits per heavy atom. The van der Waals surface area contributed by atoms with E-state index in [1.807, 2.05) is 0 Å². The first kappa shape index (κ1) is 22.1. The Hall–Kier alpha value is -3.08. The zero-order valence-electron chi connectivity index (χ0n) is 17.0. The van der Waals surface area contributed by atoms with Crippen LogP contribution in [0.3, 0.4) is 0 Å². The zero-order chi connectivity index (χ0) is 23.0. The van der Waals surface area contributed by atoms with Crippen molar-refractivity contribution in [1.29, 1.82) is 0 Å². The van der Waals surface area contributed by atoms with Gasteiger partial charge in [0.2, 0.25) is 0 Å². The molecule has 3 aromatic rings. The van der Waals surface area contributed by atoms with E-state index in [9.17, 15) is 26.7 Å². The molecule has 1 aliphatic rings. The van der Waals surface area contributed by atoms with Gasteiger partial charge in [-0.25, -0.2) is 18.2 Å². The molecule has 0 unspecified atom stereocenters. The number of hydrogen-bond acceptors (Lipinski definition) is 4. The topological polar surface area (TPSA) is 60.3 Å². The molecule has 1 fully saturated rings. The summed E-state index contributed by atoms with van der Waals surface area (Å²) in [6.07, 6.45) is -1.63. The number of hydrogen-bond donors (Lipinski definition) is 0. The van der Waals surface area contributed by atoms with Gasteiger partial charge in [0.05, 0.1) is 36.5 Å². The molecule has 1 saturated heterocycles. The van der Waals surface area contributed by atoms with Gasteiger partial charge in [0.1, 0.15) is 11.3 Å². The van der Waals surface area contributed by atoms with Gasteiger partial charge >= 0.3 is 5.92 Å². The summed E-state index contributed by atoms with van der Waals surface area (Å²) in [4.78, 5) is 22.1. The molecule has 0 saturated carbocycles. The Balaban J connectivity index is 1.77. The molecule has 170 valence electrons. The normalized spacial score (nSPS) is 15.0. The van der Waals surface area contributed by atoms with Crippen molar-refractivity contribution in [3.63, 3.8) is 0 Å². The van der Waals surface area contributed by atoms with Crippen LogP contribution in [0.5, 0.6) is 0 Å². The van der Waals surface area contributed by atoms with Crippen LogP contribution in [0.4, 0.5) is 22.0 Å². The molecule has 3 heterocycles. The van der Waals surface area contributed by atoms with Gasteiger partial charge in [-0.1, -0.05) is 6.07 Å². The van der Waals surface area contributed by atoms with Crippen LogP contribution >= 0.6 is 0 Å². The van der Waals surface area contributed by atoms with Crippen LogP contribution in [-0.4, -0.2) is 58.1 Å². The predicted molar refractivity (Wildman–Crippen MR) is 105 cm³/mol. The SMILES string of the molecule is CC(F)(F)c1nc2c(-c3ccc(C(=O)N4CCOCC4)c(F)c3)nccc2n1CC(F)F. The number of morpholine rings is 1. The first-order valence-corrected chi connectivity index (χ1v) is 9.85. The highest BCUT2D eigenvalue weighted by Gasteiger charge is 2.33. The van der Waals surface area contributed by atoms with E-state index in [0.29, 0.717) is 33.2 Å². The average molecular weight is 454 g/mol. The smallest absolute Gasteiger partial charge is 0.302 e. The summed E-state index contributed by atoms with van der Waals surface area (Å²) in [6, 6.07) is 5.07. The summed E-state index contributed by atoms with van der Waals surface area (Å²) < 4.78 is 75.0. The van der Waals surface area contributed by atoms with Crippen molar-refractivity contribution in [3.05, 3.63) is 47.7 Å². The minimum absolute atomic E-state index is 0.0284. The molecule has 6 nitrogen and oxygen atoms in total. The number of pyridine rings is 1. The lowest BCUT2D eigenvalue weighted by molar-refractivity contribution is 0.00166. The Bertz CT molecular complexity index is 1150. The van der Waals surface area contributed by atoms with Gasteiger partial charge in [-0.2, -0.15) is 8.78 Å². The van der Waals surface area contributed by atoms with Gasteiger partial charge in [-0.05, 0) is 18.2 Å². The quantitative estimate of drug-likeness (QED) is 0.545. The lowest BCUT2D eigenvalue weighted by atomic mass is 10.1. The molecule has 32 heavy (non-hydrogen) atoms. The maximum atomic E-state index is 14.8. The Kier molecular flexibility index (Phi) is 5.85. The number of carbonyl (C=O) groups is 1. The fourth-order valence-corrected chi connectivity index (χ4v) is 3.69. The van der Waals surface area contributed by atoms with Crippen LogP contribution in [0.2, 0.25) is 0 Å². The van der Waals surface area contributed by atoms with Crippen LogP contribution in [0, 0.1) is 5.82 Å². The van der Waals surface area contributed by atoms with Crippen molar-refractivity contribution in [2.24, 2.45) is 0 Å². The van der Waals surface area contributed by atoms with E-state index in [4.69, 9.17) is 4.74 Å². The van der Waals surface area contributed by atoms with E-state index < -0.39 is 36.4 Å². The van der Waals surface area contributed by atoms with Gasteiger partial charge in [0.25, 0.3) is 12.3 Å². The number of nitrogens with zero attached hydrogens (tertiary/aromatic N) is 4. The van der Waals surface area contributed by atoms with Gasteiger partial charge in [-0.15, -0.1) is 0 Å². The van der Waals surface area contributed by atoms with Gasteiger partial charge < -0.3 is 14.2 Å². The molecule has 0 radical (unpaired) electrons. The van der Waals surface area contributed by atoms with Crippen molar-refractivity contribution in [2.75, 3.05) is 26.3 Å². The summed E-state index contributed by atoms with van der Waals surface area (Å²) >= 11 is 0. The summed E-state index contributed by atoms with van der Waals surface area (Å²) in [5.41, 5.74) is 0.0495. The molecule has 1 aliphatic heterocycles. The fraction of sp³-hybridized carbons (Fsp3) is 0.381. The highest BCUT2D eigenvalue weighted by molar-refractivity contribution is 5.96. The van der Waals surface area contributed by atoms with Crippen LogP contribution in [0.25, 0.3) is 22.3 Å². The van der Waals surface area contributed by atoms with Crippen molar-refractivity contribution >= 4 is 16.9 Å². The lowest BCUT2D eigenvalue weighted by Gasteiger charge is -2.27. The van der Waals surface area contributed by atoms with E-state index in [0.717, 1.165) is 10.6 Å². The first-order chi connectivity index (χ1) is 15.2. The zero-order valence-corrected chi connectivity index (χ0v) is 17.0. The molecule has 4 rings (SSSR count). The highest BCUT2D eigenvalue weighted by atomic mass is 19.3. The maximum absolute atomic E-state index is 14.8. The van der Waals surface area contributed by atoms with E-state index in [1.54, 1.807) is 0 Å². The molecule has 1 amide bonds. The van der Waals surface area contributed by atoms with Crippen molar-refractivity contribution in [1.82, 2.24) is 19.4 Å². The summed E-state index contributed by atoms with van der Waals surface area (Å²) in [6.45, 7) is 1.01. The first-order valence-electron chi connectivity index (χ1n) is 9.85. The van der Waals surface area contributed by atoms with Gasteiger partial charge in [0, 0.05) is 31.8 Å². The van der Waals surface area contributed by atoms with E-state index in [-0.39, 0.29) is 27.9 Å². The van der Waals surface area contributed by atoms with Crippen LogP contribution in [-0.2, 0) is 17.2 Å². The number of alkyl halides is 4. The molecular formula is C21H19F5N4O2. The lowest BCUT2D eigenvalue weighted by Crippen LogP contribution is -2.41. The largest absolute Gasteiger partial charge is 0.378 e. The Morgan fingerprint density at radius 1 is 1.22 bits per heavy atom. The van der Waals surface area contributed by atoms with E-state index in [2.05, 4.69) is 9.97 Å². The second kappa shape index (κ2) is 8.45. The number of amides is 1. The number of aromatic nitrogens is 3. The minimum Gasteiger partial charge on any atom is -0.378 e. The number of rotatable bonds is 5. The standard InChI is InChI=1S/C21H19F5N4O2/c1-21(25,26)20-28-18-15(30(20)11-16(23)24)4-5-27-17(18)12-2-3-13(14(22)10-12)19(31)29-6-8-32-9-7-29/h2-5,10,16H,6-9,11H2,1H3. The number of fused-ring (bicyclic) bond motifs is 1. The molecule has 0 aliphatic carbocycles. The Morgan fingerprint density at radius 3 is 2.56 bits per heavy atom. The van der Waals surface area contributed by atoms with Crippen LogP contribution < -0.4 is 0 Å². The number of imidazole rings is 1. The minimum atomic E-state index is -3.48. The average Bonchev–Trinajstić information content (AvgIpc) is 3.12. The number of ether oxygens (including phenoxy) is 1. The third kappa shape index (κ3) is 4.16. The maximum Gasteiger partial charge on any atom is 0.302 e. The van der Waals surface area contributed by atoms with E-state index in [1.165, 1.54) is 29.3 Å². The molecule has 0 atom stereocenters. The molecule has 11 heteroatoms. The molecule has 0 spiro atoms. The van der Waals surface area contributed by atoms with Crippen molar-refractivity contribution < 1.29 is 31.5 Å². The summed E-state index contributed by atoms with van der Waals surface area (Å²) in [7, 11) is 0. The number of carbonyl (C=O) groups excluding carboxylic acids is 1. The van der Waals surface area contributed by atoms with Gasteiger partial charge in [0.15, 0.2) is 5.82 Å². The summed E-state index contributed by atoms with van der Waals surface area (Å²) in [5.74, 6) is -5.62. The van der Waals surface area contributed by atoms with Crippen molar-refractivity contribution in [2.45, 2.75) is 25.8 Å². The predicted octanol–water partition coefficient (Wildman–Crippen LogP) is 4.09. The van der Waals surface area contributed by atoms with Gasteiger partial charge in [-0.3, -0.25) is 9.78 Å². The van der Waals surface area contributed by atoms with E-state index >= 15 is 0 Å². The second-order valence-corrected chi connectivity index (χ2v) is 7.45. The van der Waals surface area contributed by atoms with Crippen LogP contribution in [0.15, 0.2) is 30.5 Å². The Labute approximate surface area is 179 Å². The monoisotopic (exact) mass is 454 g/mol. The third-order valence-electron chi connectivity index (χ3n) is 5.15.